The van der Waals surface area contributed by atoms with Crippen LogP contribution >= 0.6 is 0 Å². The number of nitrogens with one attached hydrogen (secondary N) is 2. The highest BCUT2D eigenvalue weighted by molar-refractivity contribution is 7.91. The number of aliphatic hydroxyl groups is 2. The third-order valence-corrected chi connectivity index (χ3v) is 26.1. The van der Waals surface area contributed by atoms with Crippen LogP contribution < -0.4 is 21.1 Å². The smallest absolute Gasteiger partial charge is 0.407 e. The van der Waals surface area contributed by atoms with Crippen LogP contribution in [0, 0.1) is 48.2 Å². The van der Waals surface area contributed by atoms with Crippen LogP contribution in [0.15, 0.2) is 101 Å². The third-order valence-electron chi connectivity index (χ3n) is 24.4. The zero-order valence-corrected chi connectivity index (χ0v) is 78.2. The summed E-state index contributed by atoms with van der Waals surface area (Å²) in [5, 5.41) is 29.0. The topological polar surface area (TPSA) is 419 Å². The molecule has 130 heavy (non-hydrogen) atoms. The van der Waals surface area contributed by atoms with Gasteiger partial charge in [0.25, 0.3) is 17.6 Å². The number of carbonyl (C=O) groups is 8. The molecular weight excluding hydrogens is 1710 g/mol. The summed E-state index contributed by atoms with van der Waals surface area (Å²) < 4.78 is 129. The first-order valence-electron chi connectivity index (χ1n) is 45.5. The summed E-state index contributed by atoms with van der Waals surface area (Å²) in [6.07, 6.45) is 10.7. The number of carbonyl (C=O) groups excluding carboxylic acids is 8. The van der Waals surface area contributed by atoms with Crippen molar-refractivity contribution < 1.29 is 132 Å². The molecule has 0 radical (unpaired) electrons. The molecule has 1 aromatic heterocycles. The minimum absolute atomic E-state index is 0.0205. The molecule has 8 rings (SSSR count). The predicted octanol–water partition coefficient (Wildman–Crippen LogP) is 9.15. The van der Waals surface area contributed by atoms with E-state index in [1.165, 1.54) is 29.9 Å². The van der Waals surface area contributed by atoms with E-state index in [0.29, 0.717) is 148 Å². The number of ether oxygens (including phenoxy) is 15. The van der Waals surface area contributed by atoms with Crippen molar-refractivity contribution in [3.05, 3.63) is 119 Å². The van der Waals surface area contributed by atoms with Crippen molar-refractivity contribution in [3.8, 4) is 16.9 Å². The maximum Gasteiger partial charge on any atom is 0.407 e. The molecule has 2 bridgehead atoms. The Morgan fingerprint density at radius 1 is 0.700 bits per heavy atom. The number of halogens is 1. The number of hydrogen-bond acceptors (Lipinski definition) is 29. The van der Waals surface area contributed by atoms with Crippen molar-refractivity contribution >= 4 is 62.8 Å². The number of nitrogen functional groups attached to an aromatic ring is 1. The Labute approximate surface area is 764 Å². The number of aromatic nitrogens is 1. The van der Waals surface area contributed by atoms with E-state index in [9.17, 15) is 57.0 Å². The third kappa shape index (κ3) is 33.4. The van der Waals surface area contributed by atoms with Crippen LogP contribution in [0.3, 0.4) is 0 Å². The number of amides is 4. The van der Waals surface area contributed by atoms with Crippen LogP contribution in [0.4, 0.5) is 15.0 Å². The minimum Gasteiger partial charge on any atom is -0.491 e. The van der Waals surface area contributed by atoms with Gasteiger partial charge in [0, 0.05) is 107 Å². The van der Waals surface area contributed by atoms with Crippen LogP contribution in [0.1, 0.15) is 153 Å². The number of benzene rings is 2. The Morgan fingerprint density at radius 3 is 1.98 bits per heavy atom. The molecule has 35 heteroatoms. The van der Waals surface area contributed by atoms with E-state index in [0.717, 1.165) is 28.3 Å². The van der Waals surface area contributed by atoms with E-state index >= 15 is 4.39 Å². The molecule has 3 aromatic rings. The first-order chi connectivity index (χ1) is 62.4. The molecule has 4 amide bonds. The Kier molecular flexibility index (Phi) is 45.5. The van der Waals surface area contributed by atoms with Crippen LogP contribution in [0.25, 0.3) is 11.1 Å². The highest BCUT2D eigenvalue weighted by atomic mass is 32.2. The van der Waals surface area contributed by atoms with Crippen LogP contribution in [-0.4, -0.2) is 301 Å². The summed E-state index contributed by atoms with van der Waals surface area (Å²) in [6.45, 7) is 19.2. The maximum absolute atomic E-state index is 15.8. The normalized spacial score (nSPS) is 26.6. The molecule has 15 atom stereocenters. The largest absolute Gasteiger partial charge is 0.491 e. The molecule has 724 valence electrons. The molecular formula is C95H139FN6O27S. The number of nitrogens with zero attached hydrogens (tertiary/aromatic N) is 3. The average Bonchev–Trinajstić information content (AvgIpc) is 1.28. The summed E-state index contributed by atoms with van der Waals surface area (Å²) in [6, 6.07) is 10.3. The van der Waals surface area contributed by atoms with E-state index in [-0.39, 0.29) is 133 Å². The van der Waals surface area contributed by atoms with Crippen LogP contribution in [0.5, 0.6) is 5.75 Å². The second kappa shape index (κ2) is 55.3. The number of pyridine rings is 1. The van der Waals surface area contributed by atoms with Gasteiger partial charge in [0.15, 0.2) is 15.6 Å². The predicted molar refractivity (Wildman–Crippen MR) is 479 cm³/mol. The number of cyclic esters (lactones) is 1. The molecule has 2 aromatic carbocycles. The Hall–Kier alpha value is -8.37. The lowest BCUT2D eigenvalue weighted by Crippen LogP contribution is -2.61. The standard InChI is InChI=1S/C95H139FN6O27S/c1-62-17-13-12-14-18-63(2)80(115-9)58-74-24-20-68(7)95(112,129-74)90(107)92(109)102-33-16-15-19-76(102)93(110)127-81(59-77(103)64(3)54-67(6)88(106)89(117-11)87(105)66(5)53-62)65(4)55-70-21-26-79(82(56-70)116-10)128-94(111)99-31-36-119-39-41-121-43-45-123-47-49-125-51-50-124-48-46-122-44-42-120-40-38-118-35-30-85(104)98-32-52-130(113,114)83-28-25-75(69(8)86(83)96)91(108)101-34-37-126-78-27-22-71(57-73(78)61-101)72-23-29-84(97)100-60-72/h12-14,17-18,22-23,25,27-29,54,57,60,62,64-66,68,70,74,76,79-82,88-89,106,112H,15-16,19-21,24,26,30-53,55-56,58-59,61H2,1-11H3,(H2,97,100)(H,98,104)(H,99,111)/b14-12+,17-13+,63-18+,67-54+/t62-,64-,65-,66-,68-,70+,74+,76+,79-,80+,81+,82-,88-,89+,95-/m1/s1. The number of esters is 1. The monoisotopic (exact) mass is 1850 g/mol. The van der Waals surface area contributed by atoms with Gasteiger partial charge in [-0.25, -0.2) is 27.4 Å². The summed E-state index contributed by atoms with van der Waals surface area (Å²) in [4.78, 5) is 118. The second-order valence-corrected chi connectivity index (χ2v) is 36.2. The first-order valence-corrected chi connectivity index (χ1v) is 47.1. The number of sulfone groups is 1. The highest BCUT2D eigenvalue weighted by Crippen LogP contribution is 2.40. The molecule has 0 unspecified atom stereocenters. The molecule has 1 saturated carbocycles. The van der Waals surface area contributed by atoms with Gasteiger partial charge in [-0.05, 0) is 161 Å². The van der Waals surface area contributed by atoms with Gasteiger partial charge in [0.05, 0.1) is 136 Å². The van der Waals surface area contributed by atoms with Crippen LogP contribution in [-0.2, 0) is 111 Å². The fraction of sp³-hybridized carbons (Fsp3) is 0.653. The number of hydrogen-bond donors (Lipinski definition) is 5. The number of nitrogens with two attached hydrogens (primary N) is 1. The molecule has 1 aliphatic carbocycles. The number of Topliss-reactive ketones (excluding diaryl/α,β-unsaturated/α-hetero) is 3. The number of allylic oxidation sites excluding steroid dienone is 6. The lowest BCUT2D eigenvalue weighted by atomic mass is 9.78. The Balaban J connectivity index is 0.645. The number of piperidine rings is 1. The Bertz CT molecular complexity index is 4360. The zero-order valence-electron chi connectivity index (χ0n) is 77.4. The van der Waals surface area contributed by atoms with Gasteiger partial charge in [-0.1, -0.05) is 77.1 Å². The molecule has 2 saturated heterocycles. The number of rotatable bonds is 40. The minimum atomic E-state index is -4.19. The van der Waals surface area contributed by atoms with Crippen molar-refractivity contribution in [2.75, 3.05) is 171 Å². The molecule has 4 aliphatic heterocycles. The fourth-order valence-electron chi connectivity index (χ4n) is 16.6. The maximum atomic E-state index is 15.8. The van der Waals surface area contributed by atoms with E-state index in [1.807, 2.05) is 75.4 Å². The number of ketones is 3. The van der Waals surface area contributed by atoms with Crippen molar-refractivity contribution in [2.45, 2.75) is 205 Å². The van der Waals surface area contributed by atoms with Gasteiger partial charge < -0.3 is 107 Å². The van der Waals surface area contributed by atoms with Gasteiger partial charge in [-0.3, -0.25) is 28.8 Å². The van der Waals surface area contributed by atoms with Gasteiger partial charge in [0.1, 0.15) is 65.1 Å². The average molecular weight is 1850 g/mol. The summed E-state index contributed by atoms with van der Waals surface area (Å²) in [5.41, 5.74) is 9.26. The lowest BCUT2D eigenvalue weighted by Gasteiger charge is -2.42. The molecule has 6 N–H and O–H groups in total. The highest BCUT2D eigenvalue weighted by Gasteiger charge is 2.53. The molecule has 3 fully saturated rings. The number of methoxy groups -OCH3 is 3. The van der Waals surface area contributed by atoms with Crippen molar-refractivity contribution in [1.29, 1.82) is 0 Å². The first kappa shape index (κ1) is 107. The summed E-state index contributed by atoms with van der Waals surface area (Å²) >= 11 is 0. The van der Waals surface area contributed by atoms with Gasteiger partial charge in [-0.15, -0.1) is 0 Å². The second-order valence-electron chi connectivity index (χ2n) is 34.1. The molecule has 5 aliphatic rings. The van der Waals surface area contributed by atoms with Crippen LogP contribution in [0.2, 0.25) is 0 Å². The van der Waals surface area contributed by atoms with E-state index in [2.05, 4.69) is 15.6 Å². The number of alkyl carbamates (subject to hydrolysis) is 1. The van der Waals surface area contributed by atoms with E-state index in [4.69, 9.17) is 76.8 Å². The number of fused-ring (bicyclic) bond motifs is 4. The van der Waals surface area contributed by atoms with Gasteiger partial charge in [-0.2, -0.15) is 0 Å². The molecule has 0 spiro atoms. The number of anilines is 1. The van der Waals surface area contributed by atoms with E-state index < -0.39 is 140 Å². The summed E-state index contributed by atoms with van der Waals surface area (Å²) in [5.74, 6) is -10.3. The SMILES string of the molecule is CO[C@H]1C[C@@H]2CC[C@@H](C)[C@@](O)(O2)C(=O)C(=O)N2CCCC[C@H]2C(=O)O[C@H]([C@H](C)C[C@@H]2CC[C@@H](OC(=O)NCCOCCOCCOCCOCCOCCOCCOCCOCCC(=O)NCCS(=O)(=O)c3ccc(C(=O)N4CCOc5ccc(-c6ccc(N)nc6)cc5C4)c(C)c3F)[C@H](OC)C2)CC(=O)[C@H](C)/C=C(\C)[C@@H](O)[C@@H](OC)C(=O)[C@H](C)C[C@H](C)/C=C/C=C/C=C/1C. The van der Waals surface area contributed by atoms with Gasteiger partial charge in [0.2, 0.25) is 11.7 Å². The fourth-order valence-corrected chi connectivity index (χ4v) is 17.9. The van der Waals surface area contributed by atoms with Crippen molar-refractivity contribution in [3.63, 3.8) is 0 Å². The molecule has 5 heterocycles. The zero-order chi connectivity index (χ0) is 94.3. The number of aliphatic hydroxyl groups excluding tert-OH is 1. The van der Waals surface area contributed by atoms with Gasteiger partial charge >= 0.3 is 12.1 Å². The Morgan fingerprint density at radius 2 is 1.35 bits per heavy atom. The van der Waals surface area contributed by atoms with E-state index in [1.54, 1.807) is 60.3 Å². The molecule has 33 nitrogen and oxygen atoms in total. The quantitative estimate of drug-likeness (QED) is 0.0153. The lowest BCUT2D eigenvalue weighted by molar-refractivity contribution is -0.265. The summed E-state index contributed by atoms with van der Waals surface area (Å²) in [7, 11) is 0.274. The van der Waals surface area contributed by atoms with Crippen molar-refractivity contribution in [2.24, 2.45) is 35.5 Å². The van der Waals surface area contributed by atoms with Crippen molar-refractivity contribution in [1.82, 2.24) is 25.4 Å².